The first kappa shape index (κ1) is 9.07. The number of hydrogen-bond donors (Lipinski definition) is 0. The van der Waals surface area contributed by atoms with E-state index in [0.717, 1.165) is 4.47 Å². The van der Waals surface area contributed by atoms with Crippen molar-refractivity contribution in [3.63, 3.8) is 0 Å². The van der Waals surface area contributed by atoms with Gasteiger partial charge in [-0.25, -0.2) is 0 Å². The van der Waals surface area contributed by atoms with Gasteiger partial charge < -0.3 is 4.90 Å². The first-order valence-corrected chi connectivity index (χ1v) is 5.59. The number of rotatable bonds is 1. The summed E-state index contributed by atoms with van der Waals surface area (Å²) in [4.78, 5) is 2.48. The van der Waals surface area contributed by atoms with Crippen LogP contribution in [0.5, 0.6) is 0 Å². The molecule has 0 radical (unpaired) electrons. The Morgan fingerprint density at radius 2 is 2.00 bits per heavy atom. The summed E-state index contributed by atoms with van der Waals surface area (Å²) >= 11 is 3.45. The molecule has 1 aromatic carbocycles. The van der Waals surface area contributed by atoms with Crippen LogP contribution < -0.4 is 4.90 Å². The molecule has 0 bridgehead atoms. The highest BCUT2D eigenvalue weighted by Gasteiger charge is 2.19. The minimum atomic E-state index is 0.709. The van der Waals surface area contributed by atoms with Crippen LogP contribution in [0.4, 0.5) is 5.69 Å². The van der Waals surface area contributed by atoms with Crippen molar-refractivity contribution in [3.05, 3.63) is 28.7 Å². The molecule has 13 heavy (non-hydrogen) atoms. The maximum Gasteiger partial charge on any atom is 0.0369 e. The van der Waals surface area contributed by atoms with Crippen LogP contribution in [0.1, 0.15) is 19.8 Å². The van der Waals surface area contributed by atoms with E-state index in [2.05, 4.69) is 52.0 Å². The number of halogens is 1. The van der Waals surface area contributed by atoms with Gasteiger partial charge in [0.25, 0.3) is 0 Å². The molecule has 0 spiro atoms. The van der Waals surface area contributed by atoms with Crippen LogP contribution >= 0.6 is 15.9 Å². The zero-order chi connectivity index (χ0) is 9.26. The van der Waals surface area contributed by atoms with Crippen molar-refractivity contribution in [1.82, 2.24) is 0 Å². The summed E-state index contributed by atoms with van der Waals surface area (Å²) in [6.07, 6.45) is 2.66. The topological polar surface area (TPSA) is 3.24 Å². The van der Waals surface area contributed by atoms with Crippen molar-refractivity contribution in [2.24, 2.45) is 0 Å². The smallest absolute Gasteiger partial charge is 0.0369 e. The second-order valence-corrected chi connectivity index (χ2v) is 4.58. The van der Waals surface area contributed by atoms with Crippen molar-refractivity contribution in [3.8, 4) is 0 Å². The highest BCUT2D eigenvalue weighted by atomic mass is 79.9. The standard InChI is InChI=1S/C11H14BrN/c1-9-3-2-8-13(9)11-6-4-10(12)5-7-11/h4-7,9H,2-3,8H2,1H3. The van der Waals surface area contributed by atoms with E-state index >= 15 is 0 Å². The minimum absolute atomic E-state index is 0.709. The fourth-order valence-corrected chi connectivity index (χ4v) is 2.21. The third kappa shape index (κ3) is 1.88. The van der Waals surface area contributed by atoms with Crippen LogP contribution in [0.25, 0.3) is 0 Å². The molecule has 0 aromatic heterocycles. The molecule has 1 aromatic rings. The van der Waals surface area contributed by atoms with Gasteiger partial charge in [-0.1, -0.05) is 15.9 Å². The number of anilines is 1. The Bertz CT molecular complexity index is 281. The highest BCUT2D eigenvalue weighted by molar-refractivity contribution is 9.10. The Morgan fingerprint density at radius 1 is 1.31 bits per heavy atom. The molecule has 1 fully saturated rings. The van der Waals surface area contributed by atoms with Crippen molar-refractivity contribution >= 4 is 21.6 Å². The van der Waals surface area contributed by atoms with Gasteiger partial charge in [-0.3, -0.25) is 0 Å². The summed E-state index contributed by atoms with van der Waals surface area (Å²) in [5.41, 5.74) is 1.35. The first-order valence-electron chi connectivity index (χ1n) is 4.79. The normalized spacial score (nSPS) is 22.3. The van der Waals surface area contributed by atoms with Crippen molar-refractivity contribution in [2.45, 2.75) is 25.8 Å². The van der Waals surface area contributed by atoms with Gasteiger partial charge in [0.2, 0.25) is 0 Å². The van der Waals surface area contributed by atoms with Gasteiger partial charge in [0.15, 0.2) is 0 Å². The molecule has 0 saturated carbocycles. The lowest BCUT2D eigenvalue weighted by molar-refractivity contribution is 0.735. The molecule has 1 aliphatic heterocycles. The summed E-state index contributed by atoms with van der Waals surface area (Å²) in [6, 6.07) is 9.31. The molecule has 70 valence electrons. The monoisotopic (exact) mass is 239 g/mol. The van der Waals surface area contributed by atoms with E-state index in [1.165, 1.54) is 25.1 Å². The Labute approximate surface area is 87.9 Å². The molecular weight excluding hydrogens is 226 g/mol. The van der Waals surface area contributed by atoms with E-state index in [-0.39, 0.29) is 0 Å². The lowest BCUT2D eigenvalue weighted by atomic mass is 10.2. The molecule has 1 aliphatic rings. The second-order valence-electron chi connectivity index (χ2n) is 3.66. The van der Waals surface area contributed by atoms with E-state index in [0.29, 0.717) is 6.04 Å². The van der Waals surface area contributed by atoms with Crippen LogP contribution in [0.15, 0.2) is 28.7 Å². The molecule has 1 atom stereocenters. The van der Waals surface area contributed by atoms with E-state index in [4.69, 9.17) is 0 Å². The fourth-order valence-electron chi connectivity index (χ4n) is 1.95. The van der Waals surface area contributed by atoms with Gasteiger partial charge in [-0.15, -0.1) is 0 Å². The van der Waals surface area contributed by atoms with Crippen LogP contribution in [-0.2, 0) is 0 Å². The average Bonchev–Trinajstić information content (AvgIpc) is 2.53. The zero-order valence-electron chi connectivity index (χ0n) is 7.83. The van der Waals surface area contributed by atoms with Crippen LogP contribution in [0, 0.1) is 0 Å². The number of hydrogen-bond acceptors (Lipinski definition) is 1. The average molecular weight is 240 g/mol. The lowest BCUT2D eigenvalue weighted by Gasteiger charge is -2.23. The van der Waals surface area contributed by atoms with E-state index in [1.807, 2.05) is 0 Å². The maximum absolute atomic E-state index is 3.45. The van der Waals surface area contributed by atoms with Crippen LogP contribution in [0.3, 0.4) is 0 Å². The highest BCUT2D eigenvalue weighted by Crippen LogP contribution is 2.26. The van der Waals surface area contributed by atoms with E-state index < -0.39 is 0 Å². The molecule has 1 heterocycles. The van der Waals surface area contributed by atoms with Gasteiger partial charge in [-0.05, 0) is 44.0 Å². The largest absolute Gasteiger partial charge is 0.369 e. The third-order valence-corrected chi connectivity index (χ3v) is 3.24. The Morgan fingerprint density at radius 3 is 2.54 bits per heavy atom. The van der Waals surface area contributed by atoms with Gasteiger partial charge in [-0.2, -0.15) is 0 Å². The maximum atomic E-state index is 3.45. The van der Waals surface area contributed by atoms with Crippen LogP contribution in [-0.4, -0.2) is 12.6 Å². The molecule has 2 heteroatoms. The minimum Gasteiger partial charge on any atom is -0.369 e. The molecule has 0 aliphatic carbocycles. The zero-order valence-corrected chi connectivity index (χ0v) is 9.42. The Hall–Kier alpha value is -0.500. The van der Waals surface area contributed by atoms with Gasteiger partial charge >= 0.3 is 0 Å². The quantitative estimate of drug-likeness (QED) is 0.726. The van der Waals surface area contributed by atoms with Gasteiger partial charge in [0.1, 0.15) is 0 Å². The van der Waals surface area contributed by atoms with Gasteiger partial charge in [0.05, 0.1) is 0 Å². The summed E-state index contributed by atoms with van der Waals surface area (Å²) in [7, 11) is 0. The van der Waals surface area contributed by atoms with Crippen molar-refractivity contribution < 1.29 is 0 Å². The molecule has 1 nitrogen and oxygen atoms in total. The van der Waals surface area contributed by atoms with Crippen molar-refractivity contribution in [1.29, 1.82) is 0 Å². The lowest BCUT2D eigenvalue weighted by Crippen LogP contribution is -2.25. The fraction of sp³-hybridized carbons (Fsp3) is 0.455. The SMILES string of the molecule is CC1CCCN1c1ccc(Br)cc1. The molecule has 2 rings (SSSR count). The van der Waals surface area contributed by atoms with Crippen molar-refractivity contribution in [2.75, 3.05) is 11.4 Å². The third-order valence-electron chi connectivity index (χ3n) is 2.71. The van der Waals surface area contributed by atoms with E-state index in [1.54, 1.807) is 0 Å². The Balaban J connectivity index is 2.20. The summed E-state index contributed by atoms with van der Waals surface area (Å²) in [6.45, 7) is 3.51. The second kappa shape index (κ2) is 3.70. The van der Waals surface area contributed by atoms with Gasteiger partial charge in [0, 0.05) is 22.7 Å². The molecule has 1 saturated heterocycles. The summed E-state index contributed by atoms with van der Waals surface area (Å²) in [5.74, 6) is 0. The van der Waals surface area contributed by atoms with Crippen LogP contribution in [0.2, 0.25) is 0 Å². The number of benzene rings is 1. The summed E-state index contributed by atoms with van der Waals surface area (Å²) in [5, 5.41) is 0. The summed E-state index contributed by atoms with van der Waals surface area (Å²) < 4.78 is 1.16. The Kier molecular flexibility index (Phi) is 2.58. The predicted molar refractivity (Wildman–Crippen MR) is 60.2 cm³/mol. The molecule has 1 unspecified atom stereocenters. The number of nitrogens with zero attached hydrogens (tertiary/aromatic N) is 1. The van der Waals surface area contributed by atoms with E-state index in [9.17, 15) is 0 Å². The molecule has 0 amide bonds. The molecule has 0 N–H and O–H groups in total. The predicted octanol–water partition coefficient (Wildman–Crippen LogP) is 3.44. The first-order chi connectivity index (χ1) is 6.27. The molecular formula is C11H14BrN.